The van der Waals surface area contributed by atoms with E-state index in [2.05, 4.69) is 80.1 Å². The van der Waals surface area contributed by atoms with Crippen LogP contribution in [0.15, 0.2) is 67.4 Å². The van der Waals surface area contributed by atoms with E-state index >= 15 is 0 Å². The highest BCUT2D eigenvalue weighted by molar-refractivity contribution is 5.85. The molecule has 1 saturated heterocycles. The highest BCUT2D eigenvalue weighted by atomic mass is 16.2. The summed E-state index contributed by atoms with van der Waals surface area (Å²) in [6.07, 6.45) is 9.61. The average molecular weight is 429 g/mol. The molecule has 7 nitrogen and oxygen atoms in total. The number of amides is 1. The Morgan fingerprint density at radius 3 is 2.62 bits per heavy atom. The second-order valence-corrected chi connectivity index (χ2v) is 8.45. The summed E-state index contributed by atoms with van der Waals surface area (Å²) in [5.74, 6) is 0.131. The third-order valence-corrected chi connectivity index (χ3v) is 6.41. The van der Waals surface area contributed by atoms with Crippen LogP contribution in [0.2, 0.25) is 0 Å². The van der Waals surface area contributed by atoms with Gasteiger partial charge in [-0.25, -0.2) is 0 Å². The molecule has 4 aromatic rings. The SMILES string of the molecule is O=C1CN(C(CCc2ccccc2)CCc2c[nH]c3ccc(-n4cnnc4)cc23)CCN1. The van der Waals surface area contributed by atoms with Gasteiger partial charge in [0.1, 0.15) is 12.7 Å². The van der Waals surface area contributed by atoms with Crippen LogP contribution in [0.1, 0.15) is 24.0 Å². The summed E-state index contributed by atoms with van der Waals surface area (Å²) >= 11 is 0. The number of hydrogen-bond donors (Lipinski definition) is 2. The monoisotopic (exact) mass is 428 g/mol. The van der Waals surface area contributed by atoms with E-state index in [0.717, 1.165) is 50.0 Å². The molecule has 1 aliphatic heterocycles. The van der Waals surface area contributed by atoms with E-state index in [1.54, 1.807) is 12.7 Å². The molecule has 2 N–H and O–H groups in total. The van der Waals surface area contributed by atoms with Crippen molar-refractivity contribution in [1.82, 2.24) is 30.0 Å². The number of carbonyl (C=O) groups is 1. The molecule has 164 valence electrons. The summed E-state index contributed by atoms with van der Waals surface area (Å²) in [7, 11) is 0. The number of carbonyl (C=O) groups excluding carboxylic acids is 1. The number of nitrogens with one attached hydrogen (secondary N) is 2. The number of aryl methyl sites for hydroxylation is 2. The molecule has 1 fully saturated rings. The van der Waals surface area contributed by atoms with Gasteiger partial charge in [-0.3, -0.25) is 14.3 Å². The lowest BCUT2D eigenvalue weighted by Crippen LogP contribution is -2.51. The molecule has 1 unspecified atom stereocenters. The van der Waals surface area contributed by atoms with Crippen LogP contribution in [0.4, 0.5) is 0 Å². The number of nitrogens with zero attached hydrogens (tertiary/aromatic N) is 4. The molecule has 0 radical (unpaired) electrons. The molecule has 5 rings (SSSR count). The van der Waals surface area contributed by atoms with Gasteiger partial charge in [0.25, 0.3) is 0 Å². The molecule has 2 aromatic carbocycles. The van der Waals surface area contributed by atoms with E-state index < -0.39 is 0 Å². The summed E-state index contributed by atoms with van der Waals surface area (Å²) < 4.78 is 1.92. The van der Waals surface area contributed by atoms with E-state index in [4.69, 9.17) is 0 Å². The maximum atomic E-state index is 12.0. The van der Waals surface area contributed by atoms with Gasteiger partial charge in [0.05, 0.1) is 6.54 Å². The molecule has 0 spiro atoms. The normalized spacial score (nSPS) is 15.7. The Balaban J connectivity index is 1.33. The molecule has 32 heavy (non-hydrogen) atoms. The van der Waals surface area contributed by atoms with E-state index in [-0.39, 0.29) is 5.91 Å². The molecule has 3 heterocycles. The number of hydrogen-bond acceptors (Lipinski definition) is 4. The fourth-order valence-corrected chi connectivity index (χ4v) is 4.65. The zero-order valence-electron chi connectivity index (χ0n) is 18.1. The van der Waals surface area contributed by atoms with E-state index in [9.17, 15) is 4.79 Å². The fraction of sp³-hybridized carbons (Fsp3) is 0.320. The van der Waals surface area contributed by atoms with E-state index in [1.165, 1.54) is 16.5 Å². The third-order valence-electron chi connectivity index (χ3n) is 6.41. The lowest BCUT2D eigenvalue weighted by Gasteiger charge is -2.34. The summed E-state index contributed by atoms with van der Waals surface area (Å²) in [6.45, 7) is 2.14. The van der Waals surface area contributed by atoms with Gasteiger partial charge in [0.15, 0.2) is 0 Å². The molecule has 1 atom stereocenters. The first kappa shape index (κ1) is 20.5. The van der Waals surface area contributed by atoms with Crippen LogP contribution in [0.5, 0.6) is 0 Å². The minimum absolute atomic E-state index is 0.131. The first-order valence-electron chi connectivity index (χ1n) is 11.3. The van der Waals surface area contributed by atoms with Gasteiger partial charge in [-0.1, -0.05) is 30.3 Å². The van der Waals surface area contributed by atoms with E-state index in [1.807, 2.05) is 4.57 Å². The molecule has 1 aliphatic rings. The van der Waals surface area contributed by atoms with Crippen LogP contribution < -0.4 is 5.32 Å². The number of rotatable bonds is 8. The molecule has 7 heteroatoms. The van der Waals surface area contributed by atoms with Crippen LogP contribution in [0.25, 0.3) is 16.6 Å². The van der Waals surface area contributed by atoms with Gasteiger partial charge in [-0.15, -0.1) is 10.2 Å². The number of aromatic nitrogens is 4. The standard InChI is InChI=1S/C25H28N6O/c32-25-16-30(13-12-26-25)21(8-6-19-4-2-1-3-5-19)9-7-20-15-27-24-11-10-22(14-23(20)24)31-17-28-29-18-31/h1-5,10-11,14-15,17-18,21,27H,6-9,12-13,16H2,(H,26,32). The Morgan fingerprint density at radius 2 is 1.81 bits per heavy atom. The second kappa shape index (κ2) is 9.36. The van der Waals surface area contributed by atoms with Crippen LogP contribution in [0.3, 0.4) is 0 Å². The lowest BCUT2D eigenvalue weighted by atomic mass is 9.97. The van der Waals surface area contributed by atoms with Gasteiger partial charge < -0.3 is 10.3 Å². The highest BCUT2D eigenvalue weighted by Crippen LogP contribution is 2.25. The van der Waals surface area contributed by atoms with Crippen molar-refractivity contribution >= 4 is 16.8 Å². The van der Waals surface area contributed by atoms with Crippen molar-refractivity contribution in [3.05, 3.63) is 78.5 Å². The van der Waals surface area contributed by atoms with Gasteiger partial charge >= 0.3 is 0 Å². The maximum absolute atomic E-state index is 12.0. The van der Waals surface area contributed by atoms with Crippen LogP contribution in [-0.4, -0.2) is 56.2 Å². The number of piperazine rings is 1. The fourth-order valence-electron chi connectivity index (χ4n) is 4.65. The van der Waals surface area contributed by atoms with Crippen molar-refractivity contribution in [3.8, 4) is 5.69 Å². The number of fused-ring (bicyclic) bond motifs is 1. The first-order valence-corrected chi connectivity index (χ1v) is 11.3. The zero-order chi connectivity index (χ0) is 21.8. The van der Waals surface area contributed by atoms with Crippen molar-refractivity contribution in [2.45, 2.75) is 31.7 Å². The van der Waals surface area contributed by atoms with Gasteiger partial charge in [-0.2, -0.15) is 0 Å². The largest absolute Gasteiger partial charge is 0.361 e. The number of H-pyrrole nitrogens is 1. The van der Waals surface area contributed by atoms with Gasteiger partial charge in [0, 0.05) is 41.9 Å². The smallest absolute Gasteiger partial charge is 0.234 e. The minimum Gasteiger partial charge on any atom is -0.361 e. The Kier molecular flexibility index (Phi) is 5.98. The van der Waals surface area contributed by atoms with Crippen molar-refractivity contribution < 1.29 is 4.79 Å². The van der Waals surface area contributed by atoms with Gasteiger partial charge in [0.2, 0.25) is 5.91 Å². The molecule has 0 bridgehead atoms. The Hall–Kier alpha value is -3.45. The highest BCUT2D eigenvalue weighted by Gasteiger charge is 2.24. The van der Waals surface area contributed by atoms with Crippen LogP contribution in [-0.2, 0) is 17.6 Å². The average Bonchev–Trinajstić information content (AvgIpc) is 3.50. The first-order chi connectivity index (χ1) is 15.8. The molecule has 0 saturated carbocycles. The Morgan fingerprint density at radius 1 is 1.00 bits per heavy atom. The third kappa shape index (κ3) is 4.57. The van der Waals surface area contributed by atoms with E-state index in [0.29, 0.717) is 12.6 Å². The van der Waals surface area contributed by atoms with Crippen molar-refractivity contribution in [1.29, 1.82) is 0 Å². The molecule has 0 aliphatic carbocycles. The predicted molar refractivity (Wildman–Crippen MR) is 125 cm³/mol. The molecule has 2 aromatic heterocycles. The Bertz CT molecular complexity index is 1170. The molecular weight excluding hydrogens is 400 g/mol. The molecular formula is C25H28N6O. The summed E-state index contributed by atoms with van der Waals surface area (Å²) in [6, 6.07) is 17.4. The quantitative estimate of drug-likeness (QED) is 0.452. The van der Waals surface area contributed by atoms with Crippen LogP contribution in [0, 0.1) is 0 Å². The topological polar surface area (TPSA) is 78.8 Å². The number of benzene rings is 2. The van der Waals surface area contributed by atoms with Crippen molar-refractivity contribution in [2.24, 2.45) is 0 Å². The maximum Gasteiger partial charge on any atom is 0.234 e. The minimum atomic E-state index is 0.131. The zero-order valence-corrected chi connectivity index (χ0v) is 18.1. The van der Waals surface area contributed by atoms with Crippen LogP contribution >= 0.6 is 0 Å². The summed E-state index contributed by atoms with van der Waals surface area (Å²) in [5.41, 5.74) is 4.84. The second-order valence-electron chi connectivity index (χ2n) is 8.45. The van der Waals surface area contributed by atoms with Crippen molar-refractivity contribution in [2.75, 3.05) is 19.6 Å². The summed E-state index contributed by atoms with van der Waals surface area (Å²) in [5, 5.41) is 12.0. The molecule has 1 amide bonds. The number of aromatic amines is 1. The van der Waals surface area contributed by atoms with Crippen molar-refractivity contribution in [3.63, 3.8) is 0 Å². The predicted octanol–water partition coefficient (Wildman–Crippen LogP) is 3.11. The van der Waals surface area contributed by atoms with Gasteiger partial charge in [-0.05, 0) is 55.0 Å². The summed E-state index contributed by atoms with van der Waals surface area (Å²) in [4.78, 5) is 17.8. The Labute approximate surface area is 187 Å². The lowest BCUT2D eigenvalue weighted by molar-refractivity contribution is -0.125.